The van der Waals surface area contributed by atoms with Gasteiger partial charge in [-0.15, -0.1) is 24.0 Å². The molecule has 6 heteroatoms. The van der Waals surface area contributed by atoms with Gasteiger partial charge in [-0.1, -0.05) is 6.92 Å². The lowest BCUT2D eigenvalue weighted by molar-refractivity contribution is 0.701. The van der Waals surface area contributed by atoms with Crippen molar-refractivity contribution >= 4 is 41.3 Å². The molecular weight excluding hydrogens is 407 g/mol. The van der Waals surface area contributed by atoms with Crippen LogP contribution in [-0.4, -0.2) is 23.6 Å². The first-order valence-corrected chi connectivity index (χ1v) is 8.28. The Morgan fingerprint density at radius 1 is 1.36 bits per heavy atom. The van der Waals surface area contributed by atoms with E-state index in [2.05, 4.69) is 58.6 Å². The predicted octanol–water partition coefficient (Wildman–Crippen LogP) is 3.56. The summed E-state index contributed by atoms with van der Waals surface area (Å²) in [5, 5.41) is 11.1. The summed E-state index contributed by atoms with van der Waals surface area (Å²) in [4.78, 5) is 4.63. The standard InChI is InChI=1S/C16H24N4S.HI/c1-4-17-16(19-10-14-5-7-20(3)11-14)18-9-13(2)15-6-8-21-12-15;/h5-8,11-13H,4,9-10H2,1-3H3,(H2,17,18,19);1H. The van der Waals surface area contributed by atoms with E-state index in [4.69, 9.17) is 0 Å². The molecule has 0 saturated carbocycles. The van der Waals surface area contributed by atoms with Crippen molar-refractivity contribution in [3.05, 3.63) is 46.4 Å². The van der Waals surface area contributed by atoms with Gasteiger partial charge in [0.25, 0.3) is 0 Å². The third-order valence-electron chi connectivity index (χ3n) is 3.35. The van der Waals surface area contributed by atoms with Crippen LogP contribution in [0.5, 0.6) is 0 Å². The van der Waals surface area contributed by atoms with Gasteiger partial charge in [0.05, 0.1) is 6.54 Å². The molecule has 2 aromatic rings. The van der Waals surface area contributed by atoms with Gasteiger partial charge in [0.1, 0.15) is 0 Å². The van der Waals surface area contributed by atoms with E-state index < -0.39 is 0 Å². The zero-order valence-corrected chi connectivity index (χ0v) is 16.5. The molecule has 0 aliphatic rings. The molecule has 0 fully saturated rings. The molecule has 2 heterocycles. The molecule has 2 rings (SSSR count). The zero-order chi connectivity index (χ0) is 15.1. The second-order valence-electron chi connectivity index (χ2n) is 5.22. The van der Waals surface area contributed by atoms with Crippen molar-refractivity contribution in [2.24, 2.45) is 12.0 Å². The molecule has 0 aliphatic heterocycles. The molecule has 2 aromatic heterocycles. The van der Waals surface area contributed by atoms with E-state index in [1.54, 1.807) is 11.3 Å². The first kappa shape index (κ1) is 19.0. The highest BCUT2D eigenvalue weighted by Crippen LogP contribution is 2.16. The van der Waals surface area contributed by atoms with E-state index in [0.29, 0.717) is 12.5 Å². The highest BCUT2D eigenvalue weighted by Gasteiger charge is 2.07. The molecule has 22 heavy (non-hydrogen) atoms. The summed E-state index contributed by atoms with van der Waals surface area (Å²) in [6, 6.07) is 4.28. The van der Waals surface area contributed by atoms with Gasteiger partial charge in [-0.25, -0.2) is 4.99 Å². The number of halogens is 1. The van der Waals surface area contributed by atoms with Crippen LogP contribution in [0.2, 0.25) is 0 Å². The molecular formula is C16H25IN4S. The smallest absolute Gasteiger partial charge is 0.191 e. The molecule has 0 aromatic carbocycles. The van der Waals surface area contributed by atoms with Crippen LogP contribution in [0.25, 0.3) is 0 Å². The lowest BCUT2D eigenvalue weighted by atomic mass is 10.1. The van der Waals surface area contributed by atoms with E-state index >= 15 is 0 Å². The maximum atomic E-state index is 4.63. The molecule has 0 bridgehead atoms. The van der Waals surface area contributed by atoms with E-state index in [1.165, 1.54) is 11.1 Å². The van der Waals surface area contributed by atoms with Gasteiger partial charge in [0.15, 0.2) is 5.96 Å². The van der Waals surface area contributed by atoms with Gasteiger partial charge in [-0.2, -0.15) is 11.3 Å². The Bertz CT molecular complexity index is 562. The van der Waals surface area contributed by atoms with E-state index in [1.807, 2.05) is 17.8 Å². The number of hydrogen-bond acceptors (Lipinski definition) is 2. The summed E-state index contributed by atoms with van der Waals surface area (Å²) in [6.45, 7) is 6.77. The fourth-order valence-electron chi connectivity index (χ4n) is 2.09. The number of rotatable bonds is 6. The van der Waals surface area contributed by atoms with Crippen molar-refractivity contribution < 1.29 is 0 Å². The summed E-state index contributed by atoms with van der Waals surface area (Å²) >= 11 is 1.75. The summed E-state index contributed by atoms with van der Waals surface area (Å²) < 4.78 is 2.05. The Balaban J connectivity index is 0.00000242. The van der Waals surface area contributed by atoms with Gasteiger partial charge in [-0.3, -0.25) is 0 Å². The lowest BCUT2D eigenvalue weighted by Crippen LogP contribution is -2.39. The quantitative estimate of drug-likeness (QED) is 0.417. The van der Waals surface area contributed by atoms with Crippen LogP contribution in [0.1, 0.15) is 30.9 Å². The molecule has 0 spiro atoms. The van der Waals surface area contributed by atoms with Crippen molar-refractivity contribution in [2.75, 3.05) is 13.1 Å². The lowest BCUT2D eigenvalue weighted by Gasteiger charge is -2.15. The highest BCUT2D eigenvalue weighted by molar-refractivity contribution is 14.0. The molecule has 1 atom stereocenters. The number of nitrogens with zero attached hydrogens (tertiary/aromatic N) is 2. The zero-order valence-electron chi connectivity index (χ0n) is 13.4. The second-order valence-corrected chi connectivity index (χ2v) is 6.00. The average Bonchev–Trinajstić information content (AvgIpc) is 3.13. The Kier molecular flexibility index (Phi) is 8.55. The third-order valence-corrected chi connectivity index (χ3v) is 4.05. The minimum Gasteiger partial charge on any atom is -0.357 e. The number of nitrogens with one attached hydrogen (secondary N) is 2. The van der Waals surface area contributed by atoms with Crippen molar-refractivity contribution in [3.63, 3.8) is 0 Å². The van der Waals surface area contributed by atoms with Crippen molar-refractivity contribution in [2.45, 2.75) is 26.3 Å². The van der Waals surface area contributed by atoms with Crippen LogP contribution in [0.3, 0.4) is 0 Å². The van der Waals surface area contributed by atoms with Gasteiger partial charge in [0, 0.05) is 32.5 Å². The minimum atomic E-state index is 0. The molecule has 2 N–H and O–H groups in total. The Morgan fingerprint density at radius 3 is 2.77 bits per heavy atom. The number of aliphatic imine (C=N–C) groups is 1. The van der Waals surface area contributed by atoms with Crippen LogP contribution < -0.4 is 10.6 Å². The van der Waals surface area contributed by atoms with Gasteiger partial charge in [-0.05, 0) is 46.9 Å². The molecule has 4 nitrogen and oxygen atoms in total. The fraction of sp³-hybridized carbons (Fsp3) is 0.438. The van der Waals surface area contributed by atoms with Crippen LogP contribution in [-0.2, 0) is 13.6 Å². The monoisotopic (exact) mass is 432 g/mol. The number of aromatic nitrogens is 1. The van der Waals surface area contributed by atoms with Crippen LogP contribution in [0, 0.1) is 0 Å². The maximum absolute atomic E-state index is 4.63. The molecule has 122 valence electrons. The van der Waals surface area contributed by atoms with E-state index in [-0.39, 0.29) is 24.0 Å². The Labute approximate surface area is 154 Å². The maximum Gasteiger partial charge on any atom is 0.191 e. The van der Waals surface area contributed by atoms with Crippen molar-refractivity contribution in [3.8, 4) is 0 Å². The normalized spacial score (nSPS) is 12.6. The summed E-state index contributed by atoms with van der Waals surface area (Å²) in [5.41, 5.74) is 2.60. The fourth-order valence-corrected chi connectivity index (χ4v) is 2.87. The number of hydrogen-bond donors (Lipinski definition) is 2. The summed E-state index contributed by atoms with van der Waals surface area (Å²) in [5.74, 6) is 1.36. The van der Waals surface area contributed by atoms with Crippen molar-refractivity contribution in [1.29, 1.82) is 0 Å². The van der Waals surface area contributed by atoms with Gasteiger partial charge in [0.2, 0.25) is 0 Å². The topological polar surface area (TPSA) is 41.4 Å². The van der Waals surface area contributed by atoms with Crippen LogP contribution in [0.4, 0.5) is 0 Å². The number of guanidine groups is 1. The molecule has 1 unspecified atom stereocenters. The molecule has 0 radical (unpaired) electrons. The predicted molar refractivity (Wildman–Crippen MR) is 106 cm³/mol. The third kappa shape index (κ3) is 6.00. The van der Waals surface area contributed by atoms with Crippen molar-refractivity contribution in [1.82, 2.24) is 15.2 Å². The first-order valence-electron chi connectivity index (χ1n) is 7.34. The summed E-state index contributed by atoms with van der Waals surface area (Å²) in [6.07, 6.45) is 4.14. The largest absolute Gasteiger partial charge is 0.357 e. The Hall–Kier alpha value is -1.02. The number of thiophene rings is 1. The molecule has 0 aliphatic carbocycles. The van der Waals surface area contributed by atoms with Gasteiger partial charge < -0.3 is 15.2 Å². The van der Waals surface area contributed by atoms with E-state index in [9.17, 15) is 0 Å². The minimum absolute atomic E-state index is 0. The average molecular weight is 432 g/mol. The van der Waals surface area contributed by atoms with Gasteiger partial charge >= 0.3 is 0 Å². The first-order chi connectivity index (χ1) is 10.2. The van der Waals surface area contributed by atoms with Crippen LogP contribution >= 0.6 is 35.3 Å². The highest BCUT2D eigenvalue weighted by atomic mass is 127. The SMILES string of the molecule is CCNC(=NCc1ccn(C)c1)NCC(C)c1ccsc1.I. The Morgan fingerprint density at radius 2 is 2.18 bits per heavy atom. The molecule has 0 saturated heterocycles. The molecule has 0 amide bonds. The summed E-state index contributed by atoms with van der Waals surface area (Å²) in [7, 11) is 2.03. The second kappa shape index (κ2) is 9.89. The number of aryl methyl sites for hydroxylation is 1. The van der Waals surface area contributed by atoms with E-state index in [0.717, 1.165) is 19.0 Å². The van der Waals surface area contributed by atoms with Crippen LogP contribution in [0.15, 0.2) is 40.3 Å².